The summed E-state index contributed by atoms with van der Waals surface area (Å²) in [6, 6.07) is 5.39. The highest BCUT2D eigenvalue weighted by Gasteiger charge is 1.95. The summed E-state index contributed by atoms with van der Waals surface area (Å²) in [7, 11) is 0. The Hall–Kier alpha value is -1.24. The van der Waals surface area contributed by atoms with Crippen molar-refractivity contribution in [3.05, 3.63) is 42.0 Å². The molecule has 0 amide bonds. The Balaban J connectivity index is 2.98. The zero-order valence-corrected chi connectivity index (χ0v) is 6.67. The van der Waals surface area contributed by atoms with Crippen LogP contribution in [0.2, 0.25) is 0 Å². The molecular weight excluding hydrogens is 136 g/mol. The third kappa shape index (κ3) is 1.84. The topological polar surface area (TPSA) is 20.2 Å². The zero-order valence-electron chi connectivity index (χ0n) is 6.67. The Bertz CT molecular complexity index is 264. The Labute approximate surface area is 67.0 Å². The lowest BCUT2D eigenvalue weighted by molar-refractivity contribution is 0.474. The fourth-order valence-corrected chi connectivity index (χ4v) is 1.06. The monoisotopic (exact) mass is 148 g/mol. The average molecular weight is 148 g/mol. The van der Waals surface area contributed by atoms with Gasteiger partial charge in [0.25, 0.3) is 0 Å². The Morgan fingerprint density at radius 2 is 2.27 bits per heavy atom. The molecular formula is C10H12O. The van der Waals surface area contributed by atoms with Crippen LogP contribution in [0.1, 0.15) is 11.1 Å². The summed E-state index contributed by atoms with van der Waals surface area (Å²) in [5.74, 6) is 0.329. The Morgan fingerprint density at radius 1 is 1.55 bits per heavy atom. The standard InChI is InChI=1S/C10H12O/c1-3-4-9-5-6-10(11)7-8(9)2/h3,5-7,11H,1,4H2,2H3. The maximum absolute atomic E-state index is 9.08. The van der Waals surface area contributed by atoms with Gasteiger partial charge in [0.1, 0.15) is 5.75 Å². The highest BCUT2D eigenvalue weighted by atomic mass is 16.3. The fraction of sp³-hybridized carbons (Fsp3) is 0.200. The number of hydrogen-bond acceptors (Lipinski definition) is 1. The SMILES string of the molecule is C=CCc1ccc(O)cc1C. The van der Waals surface area contributed by atoms with Crippen LogP contribution in [0.15, 0.2) is 30.9 Å². The summed E-state index contributed by atoms with van der Waals surface area (Å²) in [6.07, 6.45) is 2.73. The first kappa shape index (κ1) is 7.86. The smallest absolute Gasteiger partial charge is 0.115 e. The Morgan fingerprint density at radius 3 is 2.82 bits per heavy atom. The van der Waals surface area contributed by atoms with Crippen molar-refractivity contribution >= 4 is 0 Å². The van der Waals surface area contributed by atoms with Gasteiger partial charge in [0.15, 0.2) is 0 Å². The van der Waals surface area contributed by atoms with Crippen molar-refractivity contribution in [2.45, 2.75) is 13.3 Å². The number of allylic oxidation sites excluding steroid dienone is 1. The van der Waals surface area contributed by atoms with Gasteiger partial charge in [0.05, 0.1) is 0 Å². The van der Waals surface area contributed by atoms with Gasteiger partial charge >= 0.3 is 0 Å². The lowest BCUT2D eigenvalue weighted by atomic mass is 10.1. The van der Waals surface area contributed by atoms with E-state index in [-0.39, 0.29) is 0 Å². The van der Waals surface area contributed by atoms with Crippen LogP contribution in [0.3, 0.4) is 0 Å². The second-order valence-electron chi connectivity index (χ2n) is 2.60. The maximum atomic E-state index is 9.08. The number of benzene rings is 1. The highest BCUT2D eigenvalue weighted by molar-refractivity contribution is 5.34. The molecule has 0 fully saturated rings. The van der Waals surface area contributed by atoms with Crippen LogP contribution in [-0.4, -0.2) is 5.11 Å². The van der Waals surface area contributed by atoms with Crippen LogP contribution in [0.25, 0.3) is 0 Å². The first-order chi connectivity index (χ1) is 5.24. The van der Waals surface area contributed by atoms with E-state index >= 15 is 0 Å². The van der Waals surface area contributed by atoms with Gasteiger partial charge in [-0.25, -0.2) is 0 Å². The van der Waals surface area contributed by atoms with Crippen molar-refractivity contribution in [3.63, 3.8) is 0 Å². The van der Waals surface area contributed by atoms with E-state index < -0.39 is 0 Å². The molecule has 0 unspecified atom stereocenters. The second-order valence-corrected chi connectivity index (χ2v) is 2.60. The van der Waals surface area contributed by atoms with E-state index in [0.717, 1.165) is 12.0 Å². The molecule has 0 radical (unpaired) electrons. The molecule has 1 aromatic rings. The molecule has 0 aliphatic carbocycles. The Kier molecular flexibility index (Phi) is 2.32. The molecule has 0 saturated heterocycles. The average Bonchev–Trinajstić information content (AvgIpc) is 1.95. The minimum Gasteiger partial charge on any atom is -0.508 e. The molecule has 0 spiro atoms. The second kappa shape index (κ2) is 3.24. The minimum atomic E-state index is 0.329. The van der Waals surface area contributed by atoms with E-state index in [1.165, 1.54) is 5.56 Å². The maximum Gasteiger partial charge on any atom is 0.115 e. The molecule has 0 heterocycles. The van der Waals surface area contributed by atoms with E-state index in [2.05, 4.69) is 6.58 Å². The van der Waals surface area contributed by atoms with E-state index in [1.54, 1.807) is 12.1 Å². The molecule has 0 aliphatic heterocycles. The third-order valence-electron chi connectivity index (χ3n) is 1.69. The van der Waals surface area contributed by atoms with Crippen molar-refractivity contribution < 1.29 is 5.11 Å². The van der Waals surface area contributed by atoms with E-state index in [0.29, 0.717) is 5.75 Å². The van der Waals surface area contributed by atoms with Gasteiger partial charge in [-0.3, -0.25) is 0 Å². The predicted octanol–water partition coefficient (Wildman–Crippen LogP) is 2.43. The first-order valence-corrected chi connectivity index (χ1v) is 3.63. The summed E-state index contributed by atoms with van der Waals surface area (Å²) in [6.45, 7) is 5.64. The van der Waals surface area contributed by atoms with Crippen LogP contribution in [-0.2, 0) is 6.42 Å². The van der Waals surface area contributed by atoms with E-state index in [1.807, 2.05) is 19.1 Å². The normalized spacial score (nSPS) is 9.55. The van der Waals surface area contributed by atoms with E-state index in [4.69, 9.17) is 5.11 Å². The summed E-state index contributed by atoms with van der Waals surface area (Å²) in [5.41, 5.74) is 2.34. The van der Waals surface area contributed by atoms with Gasteiger partial charge < -0.3 is 5.11 Å². The number of aromatic hydroxyl groups is 1. The zero-order chi connectivity index (χ0) is 8.27. The van der Waals surface area contributed by atoms with Crippen molar-refractivity contribution in [3.8, 4) is 5.75 Å². The van der Waals surface area contributed by atoms with Gasteiger partial charge in [-0.1, -0.05) is 12.1 Å². The summed E-state index contributed by atoms with van der Waals surface area (Å²) < 4.78 is 0. The van der Waals surface area contributed by atoms with Crippen LogP contribution < -0.4 is 0 Å². The summed E-state index contributed by atoms with van der Waals surface area (Å²) >= 11 is 0. The summed E-state index contributed by atoms with van der Waals surface area (Å²) in [5, 5.41) is 9.08. The van der Waals surface area contributed by atoms with Crippen molar-refractivity contribution in [1.29, 1.82) is 0 Å². The number of rotatable bonds is 2. The lowest BCUT2D eigenvalue weighted by Gasteiger charge is -2.01. The van der Waals surface area contributed by atoms with Gasteiger partial charge in [0, 0.05) is 0 Å². The van der Waals surface area contributed by atoms with Gasteiger partial charge in [0.2, 0.25) is 0 Å². The lowest BCUT2D eigenvalue weighted by Crippen LogP contribution is -1.84. The van der Waals surface area contributed by atoms with Crippen LogP contribution in [0.4, 0.5) is 0 Å². The highest BCUT2D eigenvalue weighted by Crippen LogP contribution is 2.15. The van der Waals surface area contributed by atoms with Gasteiger partial charge in [-0.15, -0.1) is 6.58 Å². The summed E-state index contributed by atoms with van der Waals surface area (Å²) in [4.78, 5) is 0. The molecule has 1 N–H and O–H groups in total. The molecule has 1 aromatic carbocycles. The molecule has 11 heavy (non-hydrogen) atoms. The largest absolute Gasteiger partial charge is 0.508 e. The number of phenolic OH excluding ortho intramolecular Hbond substituents is 1. The fourth-order valence-electron chi connectivity index (χ4n) is 1.06. The number of hydrogen-bond donors (Lipinski definition) is 1. The molecule has 0 atom stereocenters. The minimum absolute atomic E-state index is 0.329. The van der Waals surface area contributed by atoms with Crippen molar-refractivity contribution in [2.75, 3.05) is 0 Å². The molecule has 0 aliphatic rings. The molecule has 0 aromatic heterocycles. The quantitative estimate of drug-likeness (QED) is 0.638. The van der Waals surface area contributed by atoms with Gasteiger partial charge in [-0.2, -0.15) is 0 Å². The predicted molar refractivity (Wildman–Crippen MR) is 46.7 cm³/mol. The van der Waals surface area contributed by atoms with Crippen LogP contribution in [0.5, 0.6) is 5.75 Å². The van der Waals surface area contributed by atoms with Gasteiger partial charge in [-0.05, 0) is 36.6 Å². The van der Waals surface area contributed by atoms with Crippen LogP contribution >= 0.6 is 0 Å². The molecule has 0 bridgehead atoms. The molecule has 0 saturated carbocycles. The molecule has 1 heteroatoms. The number of aryl methyl sites for hydroxylation is 1. The van der Waals surface area contributed by atoms with E-state index in [9.17, 15) is 0 Å². The molecule has 1 nitrogen and oxygen atoms in total. The third-order valence-corrected chi connectivity index (χ3v) is 1.69. The van der Waals surface area contributed by atoms with Crippen LogP contribution in [0, 0.1) is 6.92 Å². The van der Waals surface area contributed by atoms with Crippen molar-refractivity contribution in [2.24, 2.45) is 0 Å². The van der Waals surface area contributed by atoms with Crippen molar-refractivity contribution in [1.82, 2.24) is 0 Å². The number of phenols is 1. The first-order valence-electron chi connectivity index (χ1n) is 3.63. The molecule has 1 rings (SSSR count). The molecule has 58 valence electrons.